The van der Waals surface area contributed by atoms with Crippen LogP contribution in [0.4, 0.5) is 10.2 Å². The number of carbonyl (C=O) groups is 2. The average molecular weight is 322 g/mol. The monoisotopic (exact) mass is 322 g/mol. The Morgan fingerprint density at radius 1 is 1.26 bits per heavy atom. The van der Waals surface area contributed by atoms with E-state index in [-0.39, 0.29) is 31.3 Å². The normalized spacial score (nSPS) is 25.6. The Morgan fingerprint density at radius 2 is 2.00 bits per heavy atom. The summed E-state index contributed by atoms with van der Waals surface area (Å²) in [6, 6.07) is 0. The third-order valence-electron chi connectivity index (χ3n) is 4.63. The first-order valence-electron chi connectivity index (χ1n) is 7.72. The summed E-state index contributed by atoms with van der Waals surface area (Å²) < 4.78 is 14.1. The van der Waals surface area contributed by atoms with Crippen molar-refractivity contribution in [3.8, 4) is 0 Å². The van der Waals surface area contributed by atoms with Gasteiger partial charge in [-0.05, 0) is 12.8 Å². The molecule has 0 aliphatic carbocycles. The first-order chi connectivity index (χ1) is 11.0. The van der Waals surface area contributed by atoms with Crippen molar-refractivity contribution in [3.05, 3.63) is 18.6 Å². The molecule has 2 fully saturated rings. The number of hydrogen-bond acceptors (Lipinski definition) is 5. The number of carboxylic acids is 1. The summed E-state index contributed by atoms with van der Waals surface area (Å²) >= 11 is 0. The van der Waals surface area contributed by atoms with E-state index < -0.39 is 11.6 Å². The lowest BCUT2D eigenvalue weighted by Gasteiger charge is -2.33. The van der Waals surface area contributed by atoms with E-state index >= 15 is 0 Å². The van der Waals surface area contributed by atoms with Crippen LogP contribution in [-0.2, 0) is 9.59 Å². The number of rotatable bonds is 3. The second-order valence-electron chi connectivity index (χ2n) is 6.11. The maximum atomic E-state index is 14.1. The van der Waals surface area contributed by atoms with Crippen LogP contribution in [0.15, 0.2) is 18.6 Å². The fraction of sp³-hybridized carbons (Fsp3) is 0.600. The summed E-state index contributed by atoms with van der Waals surface area (Å²) in [5.41, 5.74) is -2.30. The summed E-state index contributed by atoms with van der Waals surface area (Å²) in [7, 11) is 0. The zero-order valence-electron chi connectivity index (χ0n) is 12.7. The van der Waals surface area contributed by atoms with E-state index in [1.165, 1.54) is 4.90 Å². The van der Waals surface area contributed by atoms with E-state index in [1.54, 1.807) is 18.6 Å². The smallest absolute Gasteiger partial charge is 0.343 e. The van der Waals surface area contributed by atoms with Crippen LogP contribution in [0, 0.1) is 5.92 Å². The lowest BCUT2D eigenvalue weighted by atomic mass is 9.95. The van der Waals surface area contributed by atoms with Crippen molar-refractivity contribution in [1.29, 1.82) is 0 Å². The molecular weight excluding hydrogens is 303 g/mol. The van der Waals surface area contributed by atoms with Gasteiger partial charge >= 0.3 is 5.97 Å². The molecular formula is C15H19FN4O3. The Hall–Kier alpha value is -2.25. The highest BCUT2D eigenvalue weighted by molar-refractivity contribution is 5.83. The van der Waals surface area contributed by atoms with Crippen LogP contribution in [0.5, 0.6) is 0 Å². The number of anilines is 1. The predicted molar refractivity (Wildman–Crippen MR) is 79.6 cm³/mol. The van der Waals surface area contributed by atoms with Gasteiger partial charge in [0.2, 0.25) is 11.6 Å². The average Bonchev–Trinajstić information content (AvgIpc) is 2.99. The Balaban J connectivity index is 1.56. The molecule has 3 heterocycles. The topological polar surface area (TPSA) is 86.6 Å². The van der Waals surface area contributed by atoms with Crippen molar-refractivity contribution in [3.63, 3.8) is 0 Å². The number of aliphatic carboxylic acids is 1. The van der Waals surface area contributed by atoms with Crippen LogP contribution in [0.2, 0.25) is 0 Å². The standard InChI is InChI=1S/C15H19FN4O3/c16-15(14(22)23)3-8-20(10-15)13(21)11-1-6-19(7-2-11)12-9-17-4-5-18-12/h4-5,9,11H,1-3,6-8,10H2,(H,22,23). The van der Waals surface area contributed by atoms with Crippen LogP contribution in [-0.4, -0.2) is 63.7 Å². The van der Waals surface area contributed by atoms with Crippen molar-refractivity contribution in [2.24, 2.45) is 5.92 Å². The molecule has 124 valence electrons. The lowest BCUT2D eigenvalue weighted by Crippen LogP contribution is -2.44. The van der Waals surface area contributed by atoms with Crippen LogP contribution in [0.3, 0.4) is 0 Å². The Kier molecular flexibility index (Phi) is 4.14. The van der Waals surface area contributed by atoms with E-state index in [4.69, 9.17) is 5.11 Å². The second-order valence-corrected chi connectivity index (χ2v) is 6.11. The van der Waals surface area contributed by atoms with Gasteiger partial charge in [-0.3, -0.25) is 9.78 Å². The highest BCUT2D eigenvalue weighted by Gasteiger charge is 2.47. The number of alkyl halides is 1. The molecule has 0 aromatic carbocycles. The summed E-state index contributed by atoms with van der Waals surface area (Å²) in [6.45, 7) is 1.20. The molecule has 2 aliphatic rings. The molecule has 1 amide bonds. The SMILES string of the molecule is O=C(C1CCN(c2cnccn2)CC1)N1CCC(F)(C(=O)O)C1. The third kappa shape index (κ3) is 3.11. The van der Waals surface area contributed by atoms with Crippen LogP contribution in [0.1, 0.15) is 19.3 Å². The van der Waals surface area contributed by atoms with Crippen molar-refractivity contribution >= 4 is 17.7 Å². The highest BCUT2D eigenvalue weighted by atomic mass is 19.1. The van der Waals surface area contributed by atoms with Crippen LogP contribution >= 0.6 is 0 Å². The van der Waals surface area contributed by atoms with E-state index in [1.807, 2.05) is 0 Å². The summed E-state index contributed by atoms with van der Waals surface area (Å²) in [6.07, 6.45) is 6.10. The van der Waals surface area contributed by atoms with E-state index in [2.05, 4.69) is 14.9 Å². The number of aromatic nitrogens is 2. The van der Waals surface area contributed by atoms with Gasteiger partial charge < -0.3 is 14.9 Å². The number of carboxylic acid groups (broad SMARTS) is 1. The summed E-state index contributed by atoms with van der Waals surface area (Å²) in [4.78, 5) is 35.1. The fourth-order valence-corrected chi connectivity index (χ4v) is 3.20. The number of carbonyl (C=O) groups excluding carboxylic acids is 1. The first-order valence-corrected chi connectivity index (χ1v) is 7.72. The Bertz CT molecular complexity index is 592. The number of likely N-dealkylation sites (tertiary alicyclic amines) is 1. The molecule has 0 saturated carbocycles. The van der Waals surface area contributed by atoms with Gasteiger partial charge in [-0.1, -0.05) is 0 Å². The lowest BCUT2D eigenvalue weighted by molar-refractivity contribution is -0.150. The van der Waals surface area contributed by atoms with Crippen LogP contribution < -0.4 is 4.90 Å². The molecule has 2 saturated heterocycles. The van der Waals surface area contributed by atoms with Gasteiger partial charge in [0.15, 0.2) is 0 Å². The highest BCUT2D eigenvalue weighted by Crippen LogP contribution is 2.29. The molecule has 1 atom stereocenters. The zero-order valence-corrected chi connectivity index (χ0v) is 12.7. The van der Waals surface area contributed by atoms with Gasteiger partial charge in [0.1, 0.15) is 5.82 Å². The maximum Gasteiger partial charge on any atom is 0.343 e. The number of hydrogen-bond donors (Lipinski definition) is 1. The molecule has 0 radical (unpaired) electrons. The maximum absolute atomic E-state index is 14.1. The molecule has 1 aromatic heterocycles. The Morgan fingerprint density at radius 3 is 2.57 bits per heavy atom. The van der Waals surface area contributed by atoms with E-state index in [0.717, 1.165) is 5.82 Å². The largest absolute Gasteiger partial charge is 0.479 e. The number of nitrogens with zero attached hydrogens (tertiary/aromatic N) is 4. The third-order valence-corrected chi connectivity index (χ3v) is 4.63. The van der Waals surface area contributed by atoms with Gasteiger partial charge in [-0.25, -0.2) is 14.2 Å². The minimum absolute atomic E-state index is 0.132. The van der Waals surface area contributed by atoms with Crippen molar-refractivity contribution in [1.82, 2.24) is 14.9 Å². The molecule has 0 bridgehead atoms. The molecule has 23 heavy (non-hydrogen) atoms. The predicted octanol–water partition coefficient (Wildman–Crippen LogP) is 0.718. The quantitative estimate of drug-likeness (QED) is 0.882. The van der Waals surface area contributed by atoms with Gasteiger partial charge in [-0.15, -0.1) is 0 Å². The van der Waals surface area contributed by atoms with Gasteiger partial charge in [0, 0.05) is 44.4 Å². The van der Waals surface area contributed by atoms with Crippen molar-refractivity contribution in [2.75, 3.05) is 31.1 Å². The zero-order chi connectivity index (χ0) is 16.4. The van der Waals surface area contributed by atoms with Gasteiger partial charge in [-0.2, -0.15) is 0 Å². The van der Waals surface area contributed by atoms with Crippen molar-refractivity contribution in [2.45, 2.75) is 24.9 Å². The number of amides is 1. The molecule has 0 spiro atoms. The summed E-state index contributed by atoms with van der Waals surface area (Å²) in [5.74, 6) is -1.01. The Labute approximate surface area is 133 Å². The minimum Gasteiger partial charge on any atom is -0.479 e. The van der Waals surface area contributed by atoms with E-state index in [9.17, 15) is 14.0 Å². The molecule has 8 heteroatoms. The molecule has 2 aliphatic heterocycles. The van der Waals surface area contributed by atoms with Crippen LogP contribution in [0.25, 0.3) is 0 Å². The van der Waals surface area contributed by atoms with Gasteiger partial charge in [0.05, 0.1) is 12.7 Å². The minimum atomic E-state index is -2.30. The summed E-state index contributed by atoms with van der Waals surface area (Å²) in [5, 5.41) is 8.91. The molecule has 1 unspecified atom stereocenters. The molecule has 1 N–H and O–H groups in total. The fourth-order valence-electron chi connectivity index (χ4n) is 3.20. The number of halogens is 1. The molecule has 1 aromatic rings. The van der Waals surface area contributed by atoms with E-state index in [0.29, 0.717) is 25.9 Å². The van der Waals surface area contributed by atoms with Crippen molar-refractivity contribution < 1.29 is 19.1 Å². The molecule has 7 nitrogen and oxygen atoms in total. The second kappa shape index (κ2) is 6.10. The van der Waals surface area contributed by atoms with Gasteiger partial charge in [0.25, 0.3) is 0 Å². The first kappa shape index (κ1) is 15.6. The molecule has 3 rings (SSSR count). The number of piperidine rings is 1.